The van der Waals surface area contributed by atoms with E-state index in [-0.39, 0.29) is 17.1 Å². The van der Waals surface area contributed by atoms with Crippen LogP contribution in [0.15, 0.2) is 107 Å². The Morgan fingerprint density at radius 3 is 2.49 bits per heavy atom. The van der Waals surface area contributed by atoms with Gasteiger partial charge in [-0.15, -0.1) is 23.1 Å². The highest BCUT2D eigenvalue weighted by molar-refractivity contribution is 8.00. The lowest BCUT2D eigenvalue weighted by molar-refractivity contribution is -0.116. The molecule has 7 heteroatoms. The number of carbonyl (C=O) groups excluding carboxylic acids is 2. The minimum absolute atomic E-state index is 0.0786. The molecule has 0 radical (unpaired) electrons. The van der Waals surface area contributed by atoms with Gasteiger partial charge in [0.05, 0.1) is 17.4 Å². The van der Waals surface area contributed by atoms with Crippen molar-refractivity contribution in [1.82, 2.24) is 4.98 Å². The number of amides is 2. The van der Waals surface area contributed by atoms with E-state index in [0.717, 1.165) is 27.1 Å². The second kappa shape index (κ2) is 11.4. The zero-order chi connectivity index (χ0) is 25.6. The normalized spacial score (nSPS) is 11.7. The summed E-state index contributed by atoms with van der Waals surface area (Å²) in [6, 6.07) is 31.6. The predicted molar refractivity (Wildman–Crippen MR) is 154 cm³/mol. The number of benzene rings is 4. The van der Waals surface area contributed by atoms with Crippen LogP contribution >= 0.6 is 23.1 Å². The zero-order valence-electron chi connectivity index (χ0n) is 20.2. The Hall–Kier alpha value is -3.94. The van der Waals surface area contributed by atoms with Gasteiger partial charge in [-0.2, -0.15) is 0 Å². The van der Waals surface area contributed by atoms with Crippen LogP contribution in [0.1, 0.15) is 12.5 Å². The van der Waals surface area contributed by atoms with Crippen molar-refractivity contribution in [2.24, 2.45) is 0 Å². The Balaban J connectivity index is 1.18. The molecule has 1 heterocycles. The lowest BCUT2D eigenvalue weighted by Crippen LogP contribution is -2.22. The van der Waals surface area contributed by atoms with Crippen molar-refractivity contribution in [3.63, 3.8) is 0 Å². The maximum absolute atomic E-state index is 12.9. The first-order valence-electron chi connectivity index (χ1n) is 11.9. The molecule has 5 aromatic rings. The fourth-order valence-corrected chi connectivity index (χ4v) is 5.56. The molecule has 1 atom stereocenters. The van der Waals surface area contributed by atoms with Crippen LogP contribution in [-0.2, 0) is 16.0 Å². The molecule has 0 bridgehead atoms. The lowest BCUT2D eigenvalue weighted by atomic mass is 10.1. The highest BCUT2D eigenvalue weighted by Crippen LogP contribution is 2.30. The Kier molecular flexibility index (Phi) is 7.63. The Morgan fingerprint density at radius 1 is 0.865 bits per heavy atom. The minimum atomic E-state index is -0.344. The molecular weight excluding hydrogens is 498 g/mol. The van der Waals surface area contributed by atoms with Crippen LogP contribution in [0.5, 0.6) is 0 Å². The van der Waals surface area contributed by atoms with Crippen molar-refractivity contribution in [3.8, 4) is 11.3 Å². The largest absolute Gasteiger partial charge is 0.326 e. The molecule has 0 aliphatic rings. The van der Waals surface area contributed by atoms with Crippen LogP contribution < -0.4 is 10.6 Å². The topological polar surface area (TPSA) is 71.1 Å². The third-order valence-corrected chi connectivity index (χ3v) is 7.64. The van der Waals surface area contributed by atoms with Gasteiger partial charge in [0.1, 0.15) is 0 Å². The number of hydrogen-bond donors (Lipinski definition) is 2. The van der Waals surface area contributed by atoms with Crippen LogP contribution in [0.2, 0.25) is 0 Å². The number of nitrogens with one attached hydrogen (secondary N) is 2. The van der Waals surface area contributed by atoms with Crippen molar-refractivity contribution in [1.29, 1.82) is 0 Å². The summed E-state index contributed by atoms with van der Waals surface area (Å²) in [6.45, 7) is 1.86. The molecule has 5 nitrogen and oxygen atoms in total. The summed E-state index contributed by atoms with van der Waals surface area (Å²) in [7, 11) is 0. The van der Waals surface area contributed by atoms with E-state index in [1.807, 2.05) is 85.1 Å². The molecule has 4 aromatic carbocycles. The molecular formula is C30H25N3O2S2. The second-order valence-electron chi connectivity index (χ2n) is 8.59. The second-order valence-corrected chi connectivity index (χ2v) is 10.9. The third-order valence-electron chi connectivity index (χ3n) is 5.79. The SMILES string of the molecule is CC(Sc1cccc(NC(=O)Cc2ccccc2)c1)C(=O)Nc1nc(-c2ccc3ccccc3c2)cs1. The highest BCUT2D eigenvalue weighted by atomic mass is 32.2. The van der Waals surface area contributed by atoms with E-state index in [4.69, 9.17) is 0 Å². The maximum atomic E-state index is 12.9. The standard InChI is InChI=1S/C30H25N3O2S2/c1-20(37-26-13-7-12-25(18-26)31-28(34)16-21-8-3-2-4-9-21)29(35)33-30-32-27(19-36-30)24-15-14-22-10-5-6-11-23(22)17-24/h2-15,17-20H,16H2,1H3,(H,31,34)(H,32,33,35). The number of carbonyl (C=O) groups is 2. The van der Waals surface area contributed by atoms with Gasteiger partial charge in [0, 0.05) is 21.5 Å². The number of aromatic nitrogens is 1. The maximum Gasteiger partial charge on any atom is 0.239 e. The number of hydrogen-bond acceptors (Lipinski definition) is 5. The van der Waals surface area contributed by atoms with E-state index >= 15 is 0 Å². The molecule has 0 aliphatic carbocycles. The summed E-state index contributed by atoms with van der Waals surface area (Å²) in [5.41, 5.74) is 3.52. The van der Waals surface area contributed by atoms with E-state index in [0.29, 0.717) is 17.2 Å². The van der Waals surface area contributed by atoms with Crippen LogP contribution in [0.4, 0.5) is 10.8 Å². The summed E-state index contributed by atoms with van der Waals surface area (Å²) in [6.07, 6.45) is 0.312. The quantitative estimate of drug-likeness (QED) is 0.210. The van der Waals surface area contributed by atoms with Gasteiger partial charge in [0.2, 0.25) is 11.8 Å². The fraction of sp³-hybridized carbons (Fsp3) is 0.100. The predicted octanol–water partition coefficient (Wildman–Crippen LogP) is 7.26. The van der Waals surface area contributed by atoms with Crippen molar-refractivity contribution in [2.75, 3.05) is 10.6 Å². The molecule has 2 N–H and O–H groups in total. The van der Waals surface area contributed by atoms with E-state index in [2.05, 4.69) is 39.9 Å². The molecule has 37 heavy (non-hydrogen) atoms. The number of thioether (sulfide) groups is 1. The smallest absolute Gasteiger partial charge is 0.239 e. The summed E-state index contributed by atoms with van der Waals surface area (Å²) in [4.78, 5) is 30.8. The minimum Gasteiger partial charge on any atom is -0.326 e. The van der Waals surface area contributed by atoms with E-state index < -0.39 is 0 Å². The van der Waals surface area contributed by atoms with E-state index in [9.17, 15) is 9.59 Å². The fourth-order valence-electron chi connectivity index (χ4n) is 3.91. The van der Waals surface area contributed by atoms with E-state index in [1.54, 1.807) is 0 Å². The summed E-state index contributed by atoms with van der Waals surface area (Å²) < 4.78 is 0. The molecule has 0 saturated heterocycles. The zero-order valence-corrected chi connectivity index (χ0v) is 21.8. The summed E-state index contributed by atoms with van der Waals surface area (Å²) in [5.74, 6) is -0.201. The molecule has 0 spiro atoms. The third kappa shape index (κ3) is 6.44. The van der Waals surface area contributed by atoms with Crippen LogP contribution in [-0.4, -0.2) is 22.0 Å². The van der Waals surface area contributed by atoms with Gasteiger partial charge in [-0.1, -0.05) is 72.8 Å². The van der Waals surface area contributed by atoms with Crippen molar-refractivity contribution in [2.45, 2.75) is 23.5 Å². The van der Waals surface area contributed by atoms with Crippen LogP contribution in [0.25, 0.3) is 22.0 Å². The average molecular weight is 524 g/mol. The summed E-state index contributed by atoms with van der Waals surface area (Å²) >= 11 is 2.85. The van der Waals surface area contributed by atoms with Crippen molar-refractivity contribution >= 4 is 56.5 Å². The van der Waals surface area contributed by atoms with Gasteiger partial charge in [0.25, 0.3) is 0 Å². The highest BCUT2D eigenvalue weighted by Gasteiger charge is 2.17. The van der Waals surface area contributed by atoms with Crippen molar-refractivity contribution in [3.05, 3.63) is 108 Å². The summed E-state index contributed by atoms with van der Waals surface area (Å²) in [5, 5.41) is 10.4. The first-order valence-corrected chi connectivity index (χ1v) is 13.7. The van der Waals surface area contributed by atoms with Gasteiger partial charge in [-0.3, -0.25) is 9.59 Å². The van der Waals surface area contributed by atoms with Gasteiger partial charge in [-0.05, 0) is 47.5 Å². The van der Waals surface area contributed by atoms with Crippen molar-refractivity contribution < 1.29 is 9.59 Å². The van der Waals surface area contributed by atoms with Gasteiger partial charge >= 0.3 is 0 Å². The number of nitrogens with zero attached hydrogens (tertiary/aromatic N) is 1. The van der Waals surface area contributed by atoms with Gasteiger partial charge in [0.15, 0.2) is 5.13 Å². The number of fused-ring (bicyclic) bond motifs is 1. The molecule has 0 saturated carbocycles. The van der Waals surface area contributed by atoms with Gasteiger partial charge < -0.3 is 10.6 Å². The molecule has 1 aromatic heterocycles. The Morgan fingerprint density at radius 2 is 1.65 bits per heavy atom. The molecule has 0 aliphatic heterocycles. The van der Waals surface area contributed by atoms with Crippen LogP contribution in [0, 0.1) is 0 Å². The van der Waals surface area contributed by atoms with Crippen LogP contribution in [0.3, 0.4) is 0 Å². The lowest BCUT2D eigenvalue weighted by Gasteiger charge is -2.12. The molecule has 1 unspecified atom stereocenters. The van der Waals surface area contributed by atoms with E-state index in [1.165, 1.54) is 28.5 Å². The first kappa shape index (κ1) is 24.7. The molecule has 2 amide bonds. The molecule has 0 fully saturated rings. The number of rotatable bonds is 8. The first-order chi connectivity index (χ1) is 18.0. The Labute approximate surface area is 224 Å². The molecule has 5 rings (SSSR count). The monoisotopic (exact) mass is 523 g/mol. The molecule has 184 valence electrons. The number of thiazole rings is 1. The van der Waals surface area contributed by atoms with Gasteiger partial charge in [-0.25, -0.2) is 4.98 Å². The Bertz CT molecular complexity index is 1550. The number of anilines is 2. The average Bonchev–Trinajstić information content (AvgIpc) is 3.37.